The lowest BCUT2D eigenvalue weighted by Gasteiger charge is -2.28. The Balaban J connectivity index is 3.01. The first-order valence-corrected chi connectivity index (χ1v) is 6.62. The predicted molar refractivity (Wildman–Crippen MR) is 70.8 cm³/mol. The zero-order valence-electron chi connectivity index (χ0n) is 10.1. The first kappa shape index (κ1) is 14.6. The molecule has 0 saturated heterocycles. The fraction of sp³-hybridized carbons (Fsp3) is 0.538. The molecule has 96 valence electrons. The Labute approximate surface area is 112 Å². The minimum atomic E-state index is -0.317. The van der Waals surface area contributed by atoms with Gasteiger partial charge in [0.05, 0.1) is 7.11 Å². The van der Waals surface area contributed by atoms with Gasteiger partial charge in [0.25, 0.3) is 0 Å². The van der Waals surface area contributed by atoms with Crippen molar-refractivity contribution in [2.45, 2.75) is 19.8 Å². The number of rotatable bonds is 6. The topological polar surface area (TPSA) is 9.23 Å². The molecule has 0 amide bonds. The molecule has 0 unspecified atom stereocenters. The Morgan fingerprint density at radius 2 is 1.94 bits per heavy atom. The predicted octanol–water partition coefficient (Wildman–Crippen LogP) is 4.25. The molecule has 0 N–H and O–H groups in total. The number of halogens is 3. The highest BCUT2D eigenvalue weighted by molar-refractivity contribution is 6.21. The Bertz CT molecular complexity index is 356. The van der Waals surface area contributed by atoms with Gasteiger partial charge >= 0.3 is 0 Å². The van der Waals surface area contributed by atoms with E-state index in [1.165, 1.54) is 7.11 Å². The molecule has 0 aromatic heterocycles. The van der Waals surface area contributed by atoms with Crippen molar-refractivity contribution < 1.29 is 9.13 Å². The van der Waals surface area contributed by atoms with Crippen LogP contribution in [0.15, 0.2) is 18.2 Å². The summed E-state index contributed by atoms with van der Waals surface area (Å²) >= 11 is 11.9. The molecule has 1 aromatic rings. The van der Waals surface area contributed by atoms with Crippen LogP contribution in [-0.4, -0.2) is 18.9 Å². The van der Waals surface area contributed by atoms with Crippen LogP contribution in [0.5, 0.6) is 5.75 Å². The summed E-state index contributed by atoms with van der Waals surface area (Å²) in [4.78, 5) is 0. The summed E-state index contributed by atoms with van der Waals surface area (Å²) in [7, 11) is 1.46. The van der Waals surface area contributed by atoms with E-state index in [1.807, 2.05) is 6.92 Å². The molecule has 0 radical (unpaired) electrons. The molecule has 0 aliphatic heterocycles. The van der Waals surface area contributed by atoms with Crippen molar-refractivity contribution in [3.8, 4) is 5.75 Å². The summed E-state index contributed by atoms with van der Waals surface area (Å²) in [5, 5.41) is 0. The maximum Gasteiger partial charge on any atom is 0.168 e. The smallest absolute Gasteiger partial charge is 0.168 e. The van der Waals surface area contributed by atoms with Crippen LogP contribution in [0.2, 0.25) is 0 Å². The summed E-state index contributed by atoms with van der Waals surface area (Å²) in [6.45, 7) is 2.02. The van der Waals surface area contributed by atoms with Crippen molar-refractivity contribution in [3.05, 3.63) is 29.6 Å². The van der Waals surface area contributed by atoms with E-state index in [2.05, 4.69) is 0 Å². The van der Waals surface area contributed by atoms with E-state index in [0.29, 0.717) is 23.7 Å². The monoisotopic (exact) mass is 278 g/mol. The van der Waals surface area contributed by atoms with E-state index in [4.69, 9.17) is 27.9 Å². The molecular weight excluding hydrogens is 262 g/mol. The zero-order valence-corrected chi connectivity index (χ0v) is 11.6. The Morgan fingerprint density at radius 1 is 1.29 bits per heavy atom. The Kier molecular flexibility index (Phi) is 5.54. The maximum atomic E-state index is 14.0. The minimum absolute atomic E-state index is 0.254. The quantitative estimate of drug-likeness (QED) is 0.707. The average Bonchev–Trinajstić information content (AvgIpc) is 2.38. The lowest BCUT2D eigenvalue weighted by atomic mass is 9.82. The van der Waals surface area contributed by atoms with Gasteiger partial charge in [-0.15, -0.1) is 23.2 Å². The third-order valence-corrected chi connectivity index (χ3v) is 4.28. The van der Waals surface area contributed by atoms with Crippen molar-refractivity contribution in [2.24, 2.45) is 5.41 Å². The molecule has 1 nitrogen and oxygen atoms in total. The van der Waals surface area contributed by atoms with Crippen molar-refractivity contribution in [1.82, 2.24) is 0 Å². The Morgan fingerprint density at radius 3 is 2.41 bits per heavy atom. The number of methoxy groups -OCH3 is 1. The molecule has 0 fully saturated rings. The highest BCUT2D eigenvalue weighted by Crippen LogP contribution is 2.32. The van der Waals surface area contributed by atoms with Crippen LogP contribution in [0.1, 0.15) is 18.9 Å². The molecule has 0 bridgehead atoms. The normalized spacial score (nSPS) is 11.6. The molecule has 0 atom stereocenters. The molecule has 0 aliphatic carbocycles. The van der Waals surface area contributed by atoms with Gasteiger partial charge in [-0.2, -0.15) is 0 Å². The van der Waals surface area contributed by atoms with Gasteiger partial charge in [-0.05, 0) is 24.5 Å². The van der Waals surface area contributed by atoms with Gasteiger partial charge in [-0.25, -0.2) is 4.39 Å². The van der Waals surface area contributed by atoms with Crippen LogP contribution in [0, 0.1) is 11.2 Å². The SMILES string of the molecule is CCC(CCl)(CCl)Cc1cccc(OC)c1F. The van der Waals surface area contributed by atoms with E-state index in [1.54, 1.807) is 18.2 Å². The van der Waals surface area contributed by atoms with Crippen molar-refractivity contribution in [2.75, 3.05) is 18.9 Å². The third-order valence-electron chi connectivity index (χ3n) is 3.15. The van der Waals surface area contributed by atoms with Gasteiger partial charge in [-0.1, -0.05) is 19.1 Å². The van der Waals surface area contributed by atoms with E-state index < -0.39 is 0 Å². The summed E-state index contributed by atoms with van der Waals surface area (Å²) < 4.78 is 19.0. The highest BCUT2D eigenvalue weighted by Gasteiger charge is 2.28. The summed E-state index contributed by atoms with van der Waals surface area (Å²) in [6, 6.07) is 5.13. The number of hydrogen-bond donors (Lipinski definition) is 0. The van der Waals surface area contributed by atoms with Crippen LogP contribution in [0.4, 0.5) is 4.39 Å². The van der Waals surface area contributed by atoms with Crippen molar-refractivity contribution in [3.63, 3.8) is 0 Å². The van der Waals surface area contributed by atoms with Crippen LogP contribution >= 0.6 is 23.2 Å². The fourth-order valence-electron chi connectivity index (χ4n) is 1.70. The molecule has 4 heteroatoms. The number of ether oxygens (including phenoxy) is 1. The van der Waals surface area contributed by atoms with Crippen LogP contribution < -0.4 is 4.74 Å². The third kappa shape index (κ3) is 3.26. The van der Waals surface area contributed by atoms with Gasteiger partial charge in [0, 0.05) is 17.2 Å². The maximum absolute atomic E-state index is 14.0. The highest BCUT2D eigenvalue weighted by atomic mass is 35.5. The molecule has 0 aliphatic rings. The first-order valence-electron chi connectivity index (χ1n) is 5.55. The molecular formula is C13H17Cl2FO. The zero-order chi connectivity index (χ0) is 12.9. The van der Waals surface area contributed by atoms with E-state index in [9.17, 15) is 4.39 Å². The van der Waals surface area contributed by atoms with Gasteiger partial charge in [-0.3, -0.25) is 0 Å². The summed E-state index contributed by atoms with van der Waals surface area (Å²) in [5.74, 6) is 0.785. The molecule has 1 aromatic carbocycles. The second-order valence-electron chi connectivity index (χ2n) is 4.23. The number of hydrogen-bond acceptors (Lipinski definition) is 1. The molecule has 0 spiro atoms. The average molecular weight is 279 g/mol. The van der Waals surface area contributed by atoms with Crippen LogP contribution in [0.25, 0.3) is 0 Å². The van der Waals surface area contributed by atoms with Gasteiger partial charge < -0.3 is 4.74 Å². The van der Waals surface area contributed by atoms with Gasteiger partial charge in [0.2, 0.25) is 0 Å². The van der Waals surface area contributed by atoms with E-state index >= 15 is 0 Å². The number of benzene rings is 1. The summed E-state index contributed by atoms with van der Waals surface area (Å²) in [6.07, 6.45) is 1.34. The molecule has 17 heavy (non-hydrogen) atoms. The molecule has 0 heterocycles. The fourth-order valence-corrected chi connectivity index (χ4v) is 2.55. The molecule has 1 rings (SSSR count). The van der Waals surface area contributed by atoms with E-state index in [-0.39, 0.29) is 17.0 Å². The Hall–Kier alpha value is -0.470. The second kappa shape index (κ2) is 6.46. The van der Waals surface area contributed by atoms with E-state index in [0.717, 1.165) is 6.42 Å². The lowest BCUT2D eigenvalue weighted by Crippen LogP contribution is -2.27. The van der Waals surface area contributed by atoms with Crippen molar-refractivity contribution in [1.29, 1.82) is 0 Å². The van der Waals surface area contributed by atoms with Gasteiger partial charge in [0.15, 0.2) is 11.6 Å². The minimum Gasteiger partial charge on any atom is -0.494 e. The molecule has 0 saturated carbocycles. The lowest BCUT2D eigenvalue weighted by molar-refractivity contribution is 0.346. The van der Waals surface area contributed by atoms with Gasteiger partial charge in [0.1, 0.15) is 0 Å². The standard InChI is InChI=1S/C13H17Cl2FO/c1-3-13(8-14,9-15)7-10-5-4-6-11(17-2)12(10)16/h4-6H,3,7-9H2,1-2H3. The number of alkyl halides is 2. The second-order valence-corrected chi connectivity index (χ2v) is 4.77. The van der Waals surface area contributed by atoms with Crippen molar-refractivity contribution >= 4 is 23.2 Å². The first-order chi connectivity index (χ1) is 8.12. The summed E-state index contributed by atoms with van der Waals surface area (Å²) in [5.41, 5.74) is 0.351. The largest absolute Gasteiger partial charge is 0.494 e. The van der Waals surface area contributed by atoms with Crippen LogP contribution in [-0.2, 0) is 6.42 Å². The van der Waals surface area contributed by atoms with Crippen LogP contribution in [0.3, 0.4) is 0 Å².